The van der Waals surface area contributed by atoms with E-state index < -0.39 is 0 Å². The fraction of sp³-hybridized carbons (Fsp3) is 0.364. The molecule has 27 heavy (non-hydrogen) atoms. The van der Waals surface area contributed by atoms with Gasteiger partial charge < -0.3 is 10.6 Å². The van der Waals surface area contributed by atoms with Gasteiger partial charge in [0.2, 0.25) is 5.91 Å². The molecule has 1 amide bonds. The first kappa shape index (κ1) is 18.1. The summed E-state index contributed by atoms with van der Waals surface area (Å²) in [6.45, 7) is 2.17. The molecule has 4 nitrogen and oxygen atoms in total. The molecule has 140 valence electrons. The Labute approximate surface area is 164 Å². The average molecular weight is 380 g/mol. The molecule has 1 saturated heterocycles. The molecule has 0 aliphatic carbocycles. The van der Waals surface area contributed by atoms with Gasteiger partial charge in [-0.15, -0.1) is 11.3 Å². The Morgan fingerprint density at radius 2 is 1.89 bits per heavy atom. The largest absolute Gasteiger partial charge is 0.326 e. The Balaban J connectivity index is 1.29. The van der Waals surface area contributed by atoms with Crippen molar-refractivity contribution in [2.24, 2.45) is 5.92 Å². The summed E-state index contributed by atoms with van der Waals surface area (Å²) in [6.07, 6.45) is 4.80. The summed E-state index contributed by atoms with van der Waals surface area (Å²) in [5.41, 5.74) is 3.15. The van der Waals surface area contributed by atoms with E-state index in [9.17, 15) is 4.79 Å². The molecule has 1 aromatic heterocycles. The van der Waals surface area contributed by atoms with Crippen molar-refractivity contribution in [1.82, 2.24) is 10.3 Å². The highest BCUT2D eigenvalue weighted by Crippen LogP contribution is 2.24. The molecule has 0 bridgehead atoms. The van der Waals surface area contributed by atoms with Gasteiger partial charge in [-0.2, -0.15) is 0 Å². The average Bonchev–Trinajstić information content (AvgIpc) is 3.11. The van der Waals surface area contributed by atoms with E-state index >= 15 is 0 Å². The van der Waals surface area contributed by atoms with Gasteiger partial charge in [-0.05, 0) is 68.1 Å². The summed E-state index contributed by atoms with van der Waals surface area (Å²) < 4.78 is 1.23. The van der Waals surface area contributed by atoms with E-state index in [0.29, 0.717) is 12.3 Å². The van der Waals surface area contributed by atoms with Gasteiger partial charge in [-0.25, -0.2) is 4.98 Å². The first-order valence-electron chi connectivity index (χ1n) is 9.70. The summed E-state index contributed by atoms with van der Waals surface area (Å²) in [5.74, 6) is 0.806. The van der Waals surface area contributed by atoms with Gasteiger partial charge in [-0.1, -0.05) is 24.3 Å². The number of nitrogens with zero attached hydrogens (tertiary/aromatic N) is 1. The lowest BCUT2D eigenvalue weighted by Crippen LogP contribution is -2.28. The molecule has 2 N–H and O–H groups in total. The second kappa shape index (κ2) is 8.63. The molecule has 0 atom stereocenters. The van der Waals surface area contributed by atoms with Crippen molar-refractivity contribution in [3.63, 3.8) is 0 Å². The van der Waals surface area contributed by atoms with Gasteiger partial charge in [0.25, 0.3) is 0 Å². The molecule has 1 aliphatic rings. The predicted molar refractivity (Wildman–Crippen MR) is 112 cm³/mol. The van der Waals surface area contributed by atoms with Crippen molar-refractivity contribution in [1.29, 1.82) is 0 Å². The predicted octanol–water partition coefficient (Wildman–Crippen LogP) is 4.61. The van der Waals surface area contributed by atoms with E-state index in [-0.39, 0.29) is 5.91 Å². The molecular weight excluding hydrogens is 354 g/mol. The molecule has 2 aromatic carbocycles. The van der Waals surface area contributed by atoms with Crippen molar-refractivity contribution >= 4 is 33.1 Å². The van der Waals surface area contributed by atoms with Crippen LogP contribution in [0.1, 0.15) is 36.3 Å². The molecular formula is C22H25N3OS. The maximum Gasteiger partial charge on any atom is 0.224 e. The Hall–Kier alpha value is -2.24. The number of anilines is 1. The van der Waals surface area contributed by atoms with E-state index in [1.165, 1.54) is 23.1 Å². The van der Waals surface area contributed by atoms with Crippen molar-refractivity contribution in [3.05, 3.63) is 59.1 Å². The van der Waals surface area contributed by atoms with Crippen LogP contribution in [0.2, 0.25) is 0 Å². The van der Waals surface area contributed by atoms with Crippen LogP contribution >= 0.6 is 11.3 Å². The molecule has 0 unspecified atom stereocenters. The highest BCUT2D eigenvalue weighted by molar-refractivity contribution is 7.18. The van der Waals surface area contributed by atoms with Crippen LogP contribution in [0.5, 0.6) is 0 Å². The van der Waals surface area contributed by atoms with Gasteiger partial charge in [0.15, 0.2) is 0 Å². The number of carbonyl (C=O) groups is 1. The number of carbonyl (C=O) groups excluding carboxylic acids is 1. The zero-order valence-electron chi connectivity index (χ0n) is 15.4. The first-order chi connectivity index (χ1) is 13.3. The molecule has 0 saturated carbocycles. The number of thiazole rings is 1. The number of nitrogens with one attached hydrogen (secondary N) is 2. The lowest BCUT2D eigenvalue weighted by molar-refractivity contribution is -0.116. The number of hydrogen-bond donors (Lipinski definition) is 2. The zero-order chi connectivity index (χ0) is 18.5. The number of hydrogen-bond acceptors (Lipinski definition) is 4. The number of aromatic nitrogens is 1. The number of amides is 1. The second-order valence-corrected chi connectivity index (χ2v) is 8.34. The smallest absolute Gasteiger partial charge is 0.224 e. The fourth-order valence-corrected chi connectivity index (χ4v) is 4.61. The number of fused-ring (bicyclic) bond motifs is 1. The topological polar surface area (TPSA) is 54.0 Å². The lowest BCUT2D eigenvalue weighted by Gasteiger charge is -2.22. The summed E-state index contributed by atoms with van der Waals surface area (Å²) in [6, 6.07) is 16.4. The molecule has 3 aromatic rings. The Bertz CT molecular complexity index is 864. The van der Waals surface area contributed by atoms with Crippen molar-refractivity contribution in [2.75, 3.05) is 18.4 Å². The van der Waals surface area contributed by atoms with Gasteiger partial charge in [0, 0.05) is 18.5 Å². The number of para-hydroxylation sites is 1. The van der Waals surface area contributed by atoms with Crippen molar-refractivity contribution in [2.45, 2.75) is 32.1 Å². The number of rotatable bonds is 6. The van der Waals surface area contributed by atoms with E-state index in [1.807, 2.05) is 24.3 Å². The first-order valence-corrected chi connectivity index (χ1v) is 10.5. The SMILES string of the molecule is O=C(CCC1CCNCC1)Nc1ccc(Cc2nc3ccccc3s2)cc1. The number of benzene rings is 2. The third-order valence-electron chi connectivity index (χ3n) is 5.17. The standard InChI is InChI=1S/C22H25N3OS/c26-21(10-7-16-11-13-23-14-12-16)24-18-8-5-17(6-9-18)15-22-25-19-3-1-2-4-20(19)27-22/h1-6,8-9,16,23H,7,10-15H2,(H,24,26). The van der Waals surface area contributed by atoms with Crippen LogP contribution in [-0.2, 0) is 11.2 Å². The Morgan fingerprint density at radius 3 is 2.67 bits per heavy atom. The highest BCUT2D eigenvalue weighted by atomic mass is 32.1. The molecule has 1 aliphatic heterocycles. The minimum atomic E-state index is 0.118. The maximum atomic E-state index is 12.2. The van der Waals surface area contributed by atoms with Gasteiger partial charge >= 0.3 is 0 Å². The molecule has 1 fully saturated rings. The van der Waals surface area contributed by atoms with E-state index in [0.717, 1.165) is 42.1 Å². The van der Waals surface area contributed by atoms with Crippen LogP contribution in [-0.4, -0.2) is 24.0 Å². The second-order valence-electron chi connectivity index (χ2n) is 7.23. The van der Waals surface area contributed by atoms with Crippen molar-refractivity contribution < 1.29 is 4.79 Å². The Kier molecular flexibility index (Phi) is 5.80. The molecule has 0 spiro atoms. The maximum absolute atomic E-state index is 12.2. The monoisotopic (exact) mass is 379 g/mol. The summed E-state index contributed by atoms with van der Waals surface area (Å²) in [7, 11) is 0. The number of piperidine rings is 1. The minimum absolute atomic E-state index is 0.118. The summed E-state index contributed by atoms with van der Waals surface area (Å²) >= 11 is 1.74. The van der Waals surface area contributed by atoms with Crippen LogP contribution in [0.15, 0.2) is 48.5 Å². The minimum Gasteiger partial charge on any atom is -0.326 e. The van der Waals surface area contributed by atoms with Crippen LogP contribution in [0, 0.1) is 5.92 Å². The van der Waals surface area contributed by atoms with Crippen molar-refractivity contribution in [3.8, 4) is 0 Å². The van der Waals surface area contributed by atoms with Crippen LogP contribution in [0.4, 0.5) is 5.69 Å². The fourth-order valence-electron chi connectivity index (χ4n) is 3.61. The molecule has 2 heterocycles. The molecule has 0 radical (unpaired) electrons. The van der Waals surface area contributed by atoms with Crippen LogP contribution in [0.25, 0.3) is 10.2 Å². The summed E-state index contributed by atoms with van der Waals surface area (Å²) in [4.78, 5) is 16.9. The molecule has 4 rings (SSSR count). The normalized spacial score (nSPS) is 15.1. The van der Waals surface area contributed by atoms with Gasteiger partial charge in [0.1, 0.15) is 0 Å². The van der Waals surface area contributed by atoms with Crippen LogP contribution < -0.4 is 10.6 Å². The van der Waals surface area contributed by atoms with Gasteiger partial charge in [0.05, 0.1) is 15.2 Å². The zero-order valence-corrected chi connectivity index (χ0v) is 16.2. The Morgan fingerprint density at radius 1 is 1.11 bits per heavy atom. The summed E-state index contributed by atoms with van der Waals surface area (Å²) in [5, 5.41) is 7.51. The van der Waals surface area contributed by atoms with E-state index in [2.05, 4.69) is 34.9 Å². The third kappa shape index (κ3) is 4.93. The third-order valence-corrected chi connectivity index (χ3v) is 6.21. The van der Waals surface area contributed by atoms with Crippen LogP contribution in [0.3, 0.4) is 0 Å². The molecule has 5 heteroatoms. The quantitative estimate of drug-likeness (QED) is 0.658. The van der Waals surface area contributed by atoms with E-state index in [4.69, 9.17) is 4.98 Å². The van der Waals surface area contributed by atoms with E-state index in [1.54, 1.807) is 11.3 Å². The lowest BCUT2D eigenvalue weighted by atomic mass is 9.93. The highest BCUT2D eigenvalue weighted by Gasteiger charge is 2.14. The van der Waals surface area contributed by atoms with Gasteiger partial charge in [-0.3, -0.25) is 4.79 Å².